The summed E-state index contributed by atoms with van der Waals surface area (Å²) in [6.07, 6.45) is -1.41. The molecule has 218 valence electrons. The van der Waals surface area contributed by atoms with Gasteiger partial charge in [-0.2, -0.15) is 0 Å². The molecule has 0 aromatic heterocycles. The second kappa shape index (κ2) is 17.0. The number of hydrogen-bond acceptors (Lipinski definition) is 7. The first-order valence-corrected chi connectivity index (χ1v) is 14.0. The van der Waals surface area contributed by atoms with Crippen LogP contribution in [0.3, 0.4) is 0 Å². The van der Waals surface area contributed by atoms with Gasteiger partial charge in [-0.05, 0) is 55.5 Å². The zero-order valence-electron chi connectivity index (χ0n) is 24.3. The standard InChI is InChI=1S/C33H45NO6/c1-25-10-8-11-26(2)32(25)39-18-16-37-23-30(35)21-34(20-29-14-6-5-7-15-29)22-31(36)24-38-17-19-40-33-27(3)12-9-13-28(33)4/h5-15,30-31,35-36H,16-24H2,1-4H3. The molecule has 2 unspecified atom stereocenters. The lowest BCUT2D eigenvalue weighted by Crippen LogP contribution is -2.40. The predicted molar refractivity (Wildman–Crippen MR) is 158 cm³/mol. The Morgan fingerprint density at radius 3 is 1.43 bits per heavy atom. The summed E-state index contributed by atoms with van der Waals surface area (Å²) >= 11 is 0. The van der Waals surface area contributed by atoms with Crippen molar-refractivity contribution in [3.63, 3.8) is 0 Å². The van der Waals surface area contributed by atoms with Crippen molar-refractivity contribution < 1.29 is 29.2 Å². The molecular formula is C33H45NO6. The Kier molecular flexibility index (Phi) is 13.4. The summed E-state index contributed by atoms with van der Waals surface area (Å²) in [5, 5.41) is 21.4. The van der Waals surface area contributed by atoms with E-state index in [1.807, 2.05) is 99.3 Å². The summed E-state index contributed by atoms with van der Waals surface area (Å²) in [6, 6.07) is 22.1. The van der Waals surface area contributed by atoms with Gasteiger partial charge in [-0.25, -0.2) is 0 Å². The fraction of sp³-hybridized carbons (Fsp3) is 0.455. The van der Waals surface area contributed by atoms with Gasteiger partial charge in [0.25, 0.3) is 0 Å². The van der Waals surface area contributed by atoms with Crippen molar-refractivity contribution in [1.29, 1.82) is 0 Å². The van der Waals surface area contributed by atoms with Crippen LogP contribution in [0.25, 0.3) is 0 Å². The largest absolute Gasteiger partial charge is 0.491 e. The Hall–Kier alpha value is -2.94. The lowest BCUT2D eigenvalue weighted by Gasteiger charge is -2.27. The van der Waals surface area contributed by atoms with Gasteiger partial charge in [-0.3, -0.25) is 4.90 Å². The summed E-state index contributed by atoms with van der Waals surface area (Å²) < 4.78 is 23.2. The number of aryl methyl sites for hydroxylation is 4. The molecular weight excluding hydrogens is 506 g/mol. The normalized spacial score (nSPS) is 12.9. The molecule has 0 radical (unpaired) electrons. The van der Waals surface area contributed by atoms with Gasteiger partial charge in [-0.15, -0.1) is 0 Å². The number of para-hydroxylation sites is 2. The number of rotatable bonds is 18. The number of aliphatic hydroxyl groups is 2. The van der Waals surface area contributed by atoms with Crippen molar-refractivity contribution in [3.05, 3.63) is 94.5 Å². The van der Waals surface area contributed by atoms with E-state index < -0.39 is 12.2 Å². The molecule has 0 fully saturated rings. The number of benzene rings is 3. The van der Waals surface area contributed by atoms with E-state index in [4.69, 9.17) is 18.9 Å². The Balaban J connectivity index is 1.40. The molecule has 0 aliphatic heterocycles. The highest BCUT2D eigenvalue weighted by atomic mass is 16.5. The van der Waals surface area contributed by atoms with E-state index in [0.29, 0.717) is 46.1 Å². The molecule has 2 N–H and O–H groups in total. The Morgan fingerprint density at radius 1 is 0.575 bits per heavy atom. The molecule has 3 aromatic carbocycles. The molecule has 40 heavy (non-hydrogen) atoms. The van der Waals surface area contributed by atoms with E-state index in [9.17, 15) is 10.2 Å². The molecule has 0 spiro atoms. The van der Waals surface area contributed by atoms with E-state index >= 15 is 0 Å². The predicted octanol–water partition coefficient (Wildman–Crippen LogP) is 4.64. The fourth-order valence-corrected chi connectivity index (χ4v) is 4.64. The van der Waals surface area contributed by atoms with Gasteiger partial charge in [0.2, 0.25) is 0 Å². The van der Waals surface area contributed by atoms with Gasteiger partial charge in [0.05, 0.1) is 38.6 Å². The first kappa shape index (κ1) is 31.6. The van der Waals surface area contributed by atoms with Crippen LogP contribution in [0.5, 0.6) is 11.5 Å². The van der Waals surface area contributed by atoms with Crippen LogP contribution in [0.2, 0.25) is 0 Å². The lowest BCUT2D eigenvalue weighted by atomic mass is 10.1. The average molecular weight is 552 g/mol. The summed E-state index contributed by atoms with van der Waals surface area (Å²) in [6.45, 7) is 11.4. The minimum atomic E-state index is -0.706. The fourth-order valence-electron chi connectivity index (χ4n) is 4.64. The van der Waals surface area contributed by atoms with Crippen molar-refractivity contribution >= 4 is 0 Å². The average Bonchev–Trinajstić information content (AvgIpc) is 2.91. The van der Waals surface area contributed by atoms with Crippen molar-refractivity contribution in [2.45, 2.75) is 46.4 Å². The molecule has 0 aliphatic rings. The SMILES string of the molecule is Cc1cccc(C)c1OCCOCC(O)CN(Cc1ccccc1)CC(O)COCCOc1c(C)cccc1C. The molecule has 2 atom stereocenters. The summed E-state index contributed by atoms with van der Waals surface area (Å²) in [4.78, 5) is 2.03. The van der Waals surface area contributed by atoms with Crippen LogP contribution in [-0.4, -0.2) is 80.1 Å². The third-order valence-corrected chi connectivity index (χ3v) is 6.57. The second-order valence-corrected chi connectivity index (χ2v) is 10.3. The van der Waals surface area contributed by atoms with Crippen LogP contribution in [0, 0.1) is 27.7 Å². The van der Waals surface area contributed by atoms with Crippen molar-refractivity contribution in [3.8, 4) is 11.5 Å². The van der Waals surface area contributed by atoms with Gasteiger partial charge < -0.3 is 29.2 Å². The van der Waals surface area contributed by atoms with Crippen LogP contribution in [0.1, 0.15) is 27.8 Å². The molecule has 0 heterocycles. The molecule has 3 rings (SSSR count). The first-order valence-electron chi connectivity index (χ1n) is 14.0. The highest BCUT2D eigenvalue weighted by Gasteiger charge is 2.17. The van der Waals surface area contributed by atoms with Crippen molar-refractivity contribution in [2.24, 2.45) is 0 Å². The summed E-state index contributed by atoms with van der Waals surface area (Å²) in [7, 11) is 0. The van der Waals surface area contributed by atoms with Gasteiger partial charge >= 0.3 is 0 Å². The van der Waals surface area contributed by atoms with E-state index in [1.165, 1.54) is 0 Å². The maximum atomic E-state index is 10.7. The molecule has 0 saturated carbocycles. The van der Waals surface area contributed by atoms with Crippen molar-refractivity contribution in [2.75, 3.05) is 52.7 Å². The molecule has 0 aliphatic carbocycles. The van der Waals surface area contributed by atoms with Crippen LogP contribution >= 0.6 is 0 Å². The monoisotopic (exact) mass is 551 g/mol. The quantitative estimate of drug-likeness (QED) is 0.223. The zero-order chi connectivity index (χ0) is 28.7. The third kappa shape index (κ3) is 10.9. The Bertz CT molecular complexity index is 1030. The summed E-state index contributed by atoms with van der Waals surface area (Å²) in [5.41, 5.74) is 5.47. The van der Waals surface area contributed by atoms with E-state index in [-0.39, 0.29) is 13.2 Å². The summed E-state index contributed by atoms with van der Waals surface area (Å²) in [5.74, 6) is 1.77. The molecule has 7 heteroatoms. The minimum absolute atomic E-state index is 0.184. The van der Waals surface area contributed by atoms with E-state index in [0.717, 1.165) is 39.3 Å². The highest BCUT2D eigenvalue weighted by molar-refractivity contribution is 5.40. The van der Waals surface area contributed by atoms with Crippen LogP contribution in [0.15, 0.2) is 66.7 Å². The van der Waals surface area contributed by atoms with Gasteiger partial charge in [-0.1, -0.05) is 66.7 Å². The first-order chi connectivity index (χ1) is 19.3. The molecule has 0 amide bonds. The Labute approximate surface area is 239 Å². The molecule has 3 aromatic rings. The van der Waals surface area contributed by atoms with Gasteiger partial charge in [0.1, 0.15) is 24.7 Å². The third-order valence-electron chi connectivity index (χ3n) is 6.57. The van der Waals surface area contributed by atoms with Gasteiger partial charge in [0, 0.05) is 19.6 Å². The zero-order valence-corrected chi connectivity index (χ0v) is 24.3. The topological polar surface area (TPSA) is 80.6 Å². The lowest BCUT2D eigenvalue weighted by molar-refractivity contribution is -0.0182. The second-order valence-electron chi connectivity index (χ2n) is 10.3. The number of nitrogens with zero attached hydrogens (tertiary/aromatic N) is 1. The number of ether oxygens (including phenoxy) is 4. The Morgan fingerprint density at radius 2 is 1.00 bits per heavy atom. The highest BCUT2D eigenvalue weighted by Crippen LogP contribution is 2.23. The van der Waals surface area contributed by atoms with Gasteiger partial charge in [0.15, 0.2) is 0 Å². The number of hydrogen-bond donors (Lipinski definition) is 2. The maximum Gasteiger partial charge on any atom is 0.125 e. The number of aliphatic hydroxyl groups excluding tert-OH is 2. The molecule has 7 nitrogen and oxygen atoms in total. The van der Waals surface area contributed by atoms with E-state index in [1.54, 1.807) is 0 Å². The molecule has 0 bridgehead atoms. The molecule has 0 saturated heterocycles. The smallest absolute Gasteiger partial charge is 0.125 e. The van der Waals surface area contributed by atoms with E-state index in [2.05, 4.69) is 0 Å². The van der Waals surface area contributed by atoms with Crippen molar-refractivity contribution in [1.82, 2.24) is 4.90 Å². The maximum absolute atomic E-state index is 10.7. The van der Waals surface area contributed by atoms with Crippen LogP contribution in [-0.2, 0) is 16.0 Å². The van der Waals surface area contributed by atoms with Crippen LogP contribution < -0.4 is 9.47 Å². The minimum Gasteiger partial charge on any atom is -0.491 e. The van der Waals surface area contributed by atoms with Crippen LogP contribution in [0.4, 0.5) is 0 Å².